The zero-order valence-corrected chi connectivity index (χ0v) is 15.3. The van der Waals surface area contributed by atoms with Crippen LogP contribution in [0.2, 0.25) is 0 Å². The summed E-state index contributed by atoms with van der Waals surface area (Å²) < 4.78 is 17.7. The number of aromatic nitrogens is 5. The van der Waals surface area contributed by atoms with Gasteiger partial charge in [0.2, 0.25) is 0 Å². The summed E-state index contributed by atoms with van der Waals surface area (Å²) in [5.74, 6) is -0.330. The van der Waals surface area contributed by atoms with E-state index in [9.17, 15) is 9.65 Å². The van der Waals surface area contributed by atoms with E-state index in [-0.39, 0.29) is 11.4 Å². The molecule has 0 fully saturated rings. The lowest BCUT2D eigenvalue weighted by Gasteiger charge is -2.14. The van der Waals surface area contributed by atoms with Gasteiger partial charge in [0.25, 0.3) is 0 Å². The molecule has 0 spiro atoms. The molecule has 0 saturated carbocycles. The highest BCUT2D eigenvalue weighted by Gasteiger charge is 2.18. The molecule has 29 heavy (non-hydrogen) atoms. The van der Waals surface area contributed by atoms with Crippen molar-refractivity contribution in [3.05, 3.63) is 66.5 Å². The van der Waals surface area contributed by atoms with Gasteiger partial charge in [0, 0.05) is 30.6 Å². The van der Waals surface area contributed by atoms with Crippen LogP contribution in [-0.2, 0) is 7.05 Å². The van der Waals surface area contributed by atoms with Gasteiger partial charge in [-0.25, -0.2) is 19.3 Å². The lowest BCUT2D eigenvalue weighted by Crippen LogP contribution is -2.04. The molecule has 5 rings (SSSR count). The molecular formula is C21H14FN7. The maximum atomic E-state index is 13.9. The van der Waals surface area contributed by atoms with E-state index in [4.69, 9.17) is 5.73 Å². The van der Waals surface area contributed by atoms with Gasteiger partial charge >= 0.3 is 0 Å². The van der Waals surface area contributed by atoms with Crippen LogP contribution in [0.1, 0.15) is 5.56 Å². The predicted octanol–water partition coefficient (Wildman–Crippen LogP) is 3.54. The predicted molar refractivity (Wildman–Crippen MR) is 107 cm³/mol. The zero-order valence-electron chi connectivity index (χ0n) is 15.3. The SMILES string of the molecule is Cn1cnc2ccc(-c3c(-c4ccc(F)c(C#N)c4)nc(N)c4nccn34)cc21. The van der Waals surface area contributed by atoms with Crippen LogP contribution >= 0.6 is 0 Å². The van der Waals surface area contributed by atoms with Crippen molar-refractivity contribution < 1.29 is 4.39 Å². The van der Waals surface area contributed by atoms with E-state index in [2.05, 4.69) is 15.0 Å². The molecule has 8 heteroatoms. The topological polar surface area (TPSA) is 97.8 Å². The van der Waals surface area contributed by atoms with Crippen LogP contribution in [-0.4, -0.2) is 23.9 Å². The molecule has 0 radical (unpaired) electrons. The average Bonchev–Trinajstić information content (AvgIpc) is 3.36. The molecule has 7 nitrogen and oxygen atoms in total. The number of rotatable bonds is 2. The average molecular weight is 383 g/mol. The van der Waals surface area contributed by atoms with Gasteiger partial charge < -0.3 is 10.3 Å². The Kier molecular flexibility index (Phi) is 3.57. The van der Waals surface area contributed by atoms with E-state index in [1.165, 1.54) is 12.1 Å². The number of fused-ring (bicyclic) bond motifs is 2. The highest BCUT2D eigenvalue weighted by atomic mass is 19.1. The van der Waals surface area contributed by atoms with Crippen molar-refractivity contribution in [1.82, 2.24) is 23.9 Å². The Morgan fingerprint density at radius 3 is 2.76 bits per heavy atom. The first kappa shape index (κ1) is 16.9. The molecule has 2 aromatic carbocycles. The number of nitrogens with two attached hydrogens (primary N) is 1. The standard InChI is InChI=1S/C21H14FN7/c1-28-11-26-16-5-3-13(9-17(16)28)19-18(12-2-4-15(22)14(8-12)10-23)27-20(24)21-25-6-7-29(19)21/h2-9,11H,1H3,(H2,24,27). The van der Waals surface area contributed by atoms with Crippen LogP contribution in [0.3, 0.4) is 0 Å². The summed E-state index contributed by atoms with van der Waals surface area (Å²) in [5.41, 5.74) is 11.2. The van der Waals surface area contributed by atoms with Crippen molar-refractivity contribution in [2.24, 2.45) is 7.05 Å². The lowest BCUT2D eigenvalue weighted by molar-refractivity contribution is 0.624. The second-order valence-corrected chi connectivity index (χ2v) is 6.68. The summed E-state index contributed by atoms with van der Waals surface area (Å²) in [7, 11) is 1.92. The Morgan fingerprint density at radius 2 is 1.93 bits per heavy atom. The molecule has 5 aromatic rings. The molecule has 0 atom stereocenters. The smallest absolute Gasteiger partial charge is 0.180 e. The maximum absolute atomic E-state index is 13.9. The number of nitriles is 1. The number of benzene rings is 2. The Labute approximate surface area is 164 Å². The molecule has 0 unspecified atom stereocenters. The van der Waals surface area contributed by atoms with Crippen molar-refractivity contribution in [1.29, 1.82) is 5.26 Å². The van der Waals surface area contributed by atoms with Crippen molar-refractivity contribution in [2.45, 2.75) is 0 Å². The normalized spacial score (nSPS) is 11.2. The van der Waals surface area contributed by atoms with Crippen molar-refractivity contribution in [3.8, 4) is 28.6 Å². The second kappa shape index (κ2) is 6.14. The van der Waals surface area contributed by atoms with Crippen LogP contribution in [0.25, 0.3) is 39.2 Å². The van der Waals surface area contributed by atoms with E-state index >= 15 is 0 Å². The van der Waals surface area contributed by atoms with Gasteiger partial charge in [-0.15, -0.1) is 0 Å². The fourth-order valence-corrected chi connectivity index (χ4v) is 3.52. The van der Waals surface area contributed by atoms with Crippen molar-refractivity contribution in [3.63, 3.8) is 0 Å². The molecule has 140 valence electrons. The van der Waals surface area contributed by atoms with Gasteiger partial charge in [0.1, 0.15) is 11.9 Å². The van der Waals surface area contributed by atoms with E-state index in [0.29, 0.717) is 16.9 Å². The van der Waals surface area contributed by atoms with E-state index in [0.717, 1.165) is 22.3 Å². The third-order valence-electron chi connectivity index (χ3n) is 4.93. The number of halogens is 1. The number of nitrogen functional groups attached to an aromatic ring is 1. The van der Waals surface area contributed by atoms with Gasteiger partial charge in [-0.2, -0.15) is 5.26 Å². The van der Waals surface area contributed by atoms with Crippen molar-refractivity contribution in [2.75, 3.05) is 5.73 Å². The fourth-order valence-electron chi connectivity index (χ4n) is 3.52. The van der Waals surface area contributed by atoms with Gasteiger partial charge in [0.05, 0.1) is 34.3 Å². The molecular weight excluding hydrogens is 369 g/mol. The van der Waals surface area contributed by atoms with Crippen LogP contribution < -0.4 is 5.73 Å². The first-order valence-electron chi connectivity index (χ1n) is 8.81. The largest absolute Gasteiger partial charge is 0.381 e. The molecule has 0 amide bonds. The molecule has 0 saturated heterocycles. The van der Waals surface area contributed by atoms with E-state index < -0.39 is 5.82 Å². The van der Waals surface area contributed by atoms with E-state index in [1.807, 2.05) is 40.3 Å². The summed E-state index contributed by atoms with van der Waals surface area (Å²) in [4.78, 5) is 13.2. The number of imidazole rings is 2. The summed E-state index contributed by atoms with van der Waals surface area (Å²) in [6, 6.07) is 12.1. The minimum atomic E-state index is -0.578. The Balaban J connectivity index is 1.87. The third kappa shape index (κ3) is 2.52. The molecule has 0 aliphatic carbocycles. The summed E-state index contributed by atoms with van der Waals surface area (Å²) in [6.45, 7) is 0. The zero-order chi connectivity index (χ0) is 20.1. The fraction of sp³-hybridized carbons (Fsp3) is 0.0476. The highest BCUT2D eigenvalue weighted by Crippen LogP contribution is 2.34. The molecule has 0 aliphatic rings. The Hall–Kier alpha value is -4.25. The first-order valence-corrected chi connectivity index (χ1v) is 8.81. The number of hydrogen-bond donors (Lipinski definition) is 1. The van der Waals surface area contributed by atoms with Gasteiger partial charge in [0.15, 0.2) is 11.5 Å². The quantitative estimate of drug-likeness (QED) is 0.503. The summed E-state index contributed by atoms with van der Waals surface area (Å²) in [5, 5.41) is 9.23. The first-order chi connectivity index (χ1) is 14.1. The number of nitrogens with zero attached hydrogens (tertiary/aromatic N) is 6. The number of anilines is 1. The minimum Gasteiger partial charge on any atom is -0.381 e. The Bertz CT molecular complexity index is 1460. The van der Waals surface area contributed by atoms with Crippen molar-refractivity contribution >= 4 is 22.5 Å². The molecule has 2 N–H and O–H groups in total. The maximum Gasteiger partial charge on any atom is 0.180 e. The number of aryl methyl sites for hydroxylation is 1. The molecule has 0 aliphatic heterocycles. The van der Waals surface area contributed by atoms with Crippen LogP contribution in [0.15, 0.2) is 55.1 Å². The highest BCUT2D eigenvalue weighted by molar-refractivity contribution is 5.88. The van der Waals surface area contributed by atoms with Gasteiger partial charge in [-0.3, -0.25) is 4.40 Å². The molecule has 3 aromatic heterocycles. The summed E-state index contributed by atoms with van der Waals surface area (Å²) >= 11 is 0. The summed E-state index contributed by atoms with van der Waals surface area (Å²) in [6.07, 6.45) is 5.20. The number of hydrogen-bond acceptors (Lipinski definition) is 5. The van der Waals surface area contributed by atoms with Crippen LogP contribution in [0, 0.1) is 17.1 Å². The van der Waals surface area contributed by atoms with Crippen LogP contribution in [0.5, 0.6) is 0 Å². The second-order valence-electron chi connectivity index (χ2n) is 6.68. The molecule has 3 heterocycles. The lowest BCUT2D eigenvalue weighted by atomic mass is 10.0. The minimum absolute atomic E-state index is 0.0540. The third-order valence-corrected chi connectivity index (χ3v) is 4.93. The van der Waals surface area contributed by atoms with Crippen LogP contribution in [0.4, 0.5) is 10.2 Å². The van der Waals surface area contributed by atoms with Gasteiger partial charge in [-0.1, -0.05) is 6.07 Å². The monoisotopic (exact) mass is 383 g/mol. The van der Waals surface area contributed by atoms with Gasteiger partial charge in [-0.05, 0) is 30.3 Å². The molecule has 0 bridgehead atoms. The van der Waals surface area contributed by atoms with E-state index in [1.54, 1.807) is 24.8 Å². The Morgan fingerprint density at radius 1 is 1.10 bits per heavy atom.